The summed E-state index contributed by atoms with van der Waals surface area (Å²) in [7, 11) is 0. The van der Waals surface area contributed by atoms with Crippen molar-refractivity contribution in [1.29, 1.82) is 0 Å². The van der Waals surface area contributed by atoms with Gasteiger partial charge in [0.25, 0.3) is 0 Å². The highest BCUT2D eigenvalue weighted by Gasteiger charge is 2.12. The Morgan fingerprint density at radius 3 is 2.63 bits per heavy atom. The Hall–Kier alpha value is -2.03. The average Bonchev–Trinajstić information content (AvgIpc) is 2.39. The molecule has 0 aliphatic carbocycles. The molecule has 0 bridgehead atoms. The largest absolute Gasteiger partial charge is 0.507 e. The first kappa shape index (κ1) is 13.4. The standard InChI is InChI=1S/C16H18FNO/c1-3-12-6-4-5-7-15(12)18-11(2)14-9-8-13(17)10-16(14)19/h4-11,18-19H,3H2,1-2H3. The van der Waals surface area contributed by atoms with Crippen LogP contribution in [0.4, 0.5) is 10.1 Å². The quantitative estimate of drug-likeness (QED) is 0.859. The summed E-state index contributed by atoms with van der Waals surface area (Å²) in [4.78, 5) is 0. The molecule has 1 unspecified atom stereocenters. The van der Waals surface area contributed by atoms with Gasteiger partial charge in [-0.15, -0.1) is 0 Å². The highest BCUT2D eigenvalue weighted by molar-refractivity contribution is 5.53. The lowest BCUT2D eigenvalue weighted by molar-refractivity contribution is 0.459. The highest BCUT2D eigenvalue weighted by Crippen LogP contribution is 2.28. The Morgan fingerprint density at radius 1 is 1.21 bits per heavy atom. The van der Waals surface area contributed by atoms with E-state index in [2.05, 4.69) is 18.3 Å². The number of aryl methyl sites for hydroxylation is 1. The van der Waals surface area contributed by atoms with Crippen molar-refractivity contribution >= 4 is 5.69 Å². The maximum absolute atomic E-state index is 13.0. The van der Waals surface area contributed by atoms with Gasteiger partial charge in [-0.1, -0.05) is 31.2 Å². The van der Waals surface area contributed by atoms with Crippen LogP contribution in [0.3, 0.4) is 0 Å². The van der Waals surface area contributed by atoms with Crippen LogP contribution in [0, 0.1) is 5.82 Å². The molecule has 1 atom stereocenters. The predicted octanol–water partition coefficient (Wildman–Crippen LogP) is 4.27. The number of halogens is 1. The third-order valence-electron chi connectivity index (χ3n) is 3.23. The van der Waals surface area contributed by atoms with Crippen LogP contribution in [-0.4, -0.2) is 5.11 Å². The molecule has 19 heavy (non-hydrogen) atoms. The Labute approximate surface area is 112 Å². The van der Waals surface area contributed by atoms with Gasteiger partial charge in [-0.05, 0) is 31.0 Å². The summed E-state index contributed by atoms with van der Waals surface area (Å²) in [6.07, 6.45) is 0.936. The van der Waals surface area contributed by atoms with E-state index >= 15 is 0 Å². The molecule has 0 aliphatic heterocycles. The number of hydrogen-bond donors (Lipinski definition) is 2. The van der Waals surface area contributed by atoms with Gasteiger partial charge < -0.3 is 10.4 Å². The van der Waals surface area contributed by atoms with E-state index in [0.717, 1.165) is 18.2 Å². The monoisotopic (exact) mass is 259 g/mol. The number of nitrogens with one attached hydrogen (secondary N) is 1. The topological polar surface area (TPSA) is 32.3 Å². The number of para-hydroxylation sites is 1. The van der Waals surface area contributed by atoms with Gasteiger partial charge >= 0.3 is 0 Å². The second kappa shape index (κ2) is 5.74. The van der Waals surface area contributed by atoms with E-state index in [-0.39, 0.29) is 11.8 Å². The van der Waals surface area contributed by atoms with Gasteiger partial charge in [0.15, 0.2) is 0 Å². The zero-order chi connectivity index (χ0) is 13.8. The molecule has 0 amide bonds. The second-order valence-electron chi connectivity index (χ2n) is 4.58. The van der Waals surface area contributed by atoms with Crippen LogP contribution in [0.2, 0.25) is 0 Å². The Bertz CT molecular complexity index is 568. The molecule has 2 nitrogen and oxygen atoms in total. The van der Waals surface area contributed by atoms with Crippen molar-refractivity contribution in [3.8, 4) is 5.75 Å². The second-order valence-corrected chi connectivity index (χ2v) is 4.58. The van der Waals surface area contributed by atoms with Crippen LogP contribution in [0.15, 0.2) is 42.5 Å². The SMILES string of the molecule is CCc1ccccc1NC(C)c1ccc(F)cc1O. The molecule has 2 aromatic carbocycles. The molecule has 100 valence electrons. The molecule has 0 radical (unpaired) electrons. The third-order valence-corrected chi connectivity index (χ3v) is 3.23. The van der Waals surface area contributed by atoms with Gasteiger partial charge in [0, 0.05) is 17.3 Å². The van der Waals surface area contributed by atoms with E-state index in [0.29, 0.717) is 5.56 Å². The van der Waals surface area contributed by atoms with Crippen molar-refractivity contribution in [3.05, 3.63) is 59.4 Å². The van der Waals surface area contributed by atoms with Gasteiger partial charge in [0.1, 0.15) is 11.6 Å². The lowest BCUT2D eigenvalue weighted by atomic mass is 10.0. The lowest BCUT2D eigenvalue weighted by Gasteiger charge is -2.19. The molecule has 2 aromatic rings. The smallest absolute Gasteiger partial charge is 0.126 e. The first-order chi connectivity index (χ1) is 9.11. The van der Waals surface area contributed by atoms with Crippen LogP contribution in [0.1, 0.15) is 31.0 Å². The van der Waals surface area contributed by atoms with Crippen LogP contribution in [0.5, 0.6) is 5.75 Å². The van der Waals surface area contributed by atoms with Crippen molar-refractivity contribution in [3.63, 3.8) is 0 Å². The minimum atomic E-state index is -0.428. The normalized spacial score (nSPS) is 12.2. The molecule has 0 spiro atoms. The number of anilines is 1. The zero-order valence-corrected chi connectivity index (χ0v) is 11.2. The van der Waals surface area contributed by atoms with Gasteiger partial charge in [0.2, 0.25) is 0 Å². The maximum atomic E-state index is 13.0. The molecule has 0 aliphatic rings. The fraction of sp³-hybridized carbons (Fsp3) is 0.250. The van der Waals surface area contributed by atoms with E-state index in [1.807, 2.05) is 25.1 Å². The maximum Gasteiger partial charge on any atom is 0.126 e. The average molecular weight is 259 g/mol. The Balaban J connectivity index is 2.23. The fourth-order valence-electron chi connectivity index (χ4n) is 2.16. The van der Waals surface area contributed by atoms with Crippen molar-refractivity contribution in [2.24, 2.45) is 0 Å². The van der Waals surface area contributed by atoms with E-state index < -0.39 is 5.82 Å². The molecule has 0 heterocycles. The molecule has 0 aromatic heterocycles. The third kappa shape index (κ3) is 3.05. The van der Waals surface area contributed by atoms with Gasteiger partial charge in [0.05, 0.1) is 6.04 Å². The minimum Gasteiger partial charge on any atom is -0.507 e. The van der Waals surface area contributed by atoms with Gasteiger partial charge in [-0.3, -0.25) is 0 Å². The number of aromatic hydroxyl groups is 1. The fourth-order valence-corrected chi connectivity index (χ4v) is 2.16. The summed E-state index contributed by atoms with van der Waals surface area (Å²) in [5.74, 6) is -0.448. The summed E-state index contributed by atoms with van der Waals surface area (Å²) in [5, 5.41) is 13.1. The van der Waals surface area contributed by atoms with Crippen LogP contribution in [0.25, 0.3) is 0 Å². The van der Waals surface area contributed by atoms with Crippen LogP contribution in [-0.2, 0) is 6.42 Å². The number of phenols is 1. The Morgan fingerprint density at radius 2 is 1.95 bits per heavy atom. The summed E-state index contributed by atoms with van der Waals surface area (Å²) in [6, 6.07) is 12.1. The van der Waals surface area contributed by atoms with Crippen molar-refractivity contribution in [2.45, 2.75) is 26.3 Å². The minimum absolute atomic E-state index is 0.0195. The molecular formula is C16H18FNO. The summed E-state index contributed by atoms with van der Waals surface area (Å²) >= 11 is 0. The predicted molar refractivity (Wildman–Crippen MR) is 75.9 cm³/mol. The summed E-state index contributed by atoms with van der Waals surface area (Å²) in [5.41, 5.74) is 2.95. The first-order valence-electron chi connectivity index (χ1n) is 6.44. The number of benzene rings is 2. The summed E-state index contributed by atoms with van der Waals surface area (Å²) in [6.45, 7) is 4.04. The molecule has 0 saturated carbocycles. The molecule has 2 rings (SSSR count). The van der Waals surface area contributed by atoms with E-state index in [1.54, 1.807) is 6.07 Å². The van der Waals surface area contributed by atoms with Crippen LogP contribution < -0.4 is 5.32 Å². The van der Waals surface area contributed by atoms with Crippen molar-refractivity contribution < 1.29 is 9.50 Å². The van der Waals surface area contributed by atoms with E-state index in [4.69, 9.17) is 0 Å². The molecule has 0 saturated heterocycles. The van der Waals surface area contributed by atoms with Crippen LogP contribution >= 0.6 is 0 Å². The number of phenolic OH excluding ortho intramolecular Hbond substituents is 1. The molecule has 3 heteroatoms. The zero-order valence-electron chi connectivity index (χ0n) is 11.2. The van der Waals surface area contributed by atoms with Gasteiger partial charge in [-0.2, -0.15) is 0 Å². The molecular weight excluding hydrogens is 241 g/mol. The lowest BCUT2D eigenvalue weighted by Crippen LogP contribution is -2.08. The number of hydrogen-bond acceptors (Lipinski definition) is 2. The first-order valence-corrected chi connectivity index (χ1v) is 6.44. The van der Waals surface area contributed by atoms with Crippen molar-refractivity contribution in [2.75, 3.05) is 5.32 Å². The molecule has 2 N–H and O–H groups in total. The van der Waals surface area contributed by atoms with E-state index in [9.17, 15) is 9.50 Å². The molecule has 0 fully saturated rings. The van der Waals surface area contributed by atoms with Gasteiger partial charge in [-0.25, -0.2) is 4.39 Å². The Kier molecular flexibility index (Phi) is 4.05. The highest BCUT2D eigenvalue weighted by atomic mass is 19.1. The summed E-state index contributed by atoms with van der Waals surface area (Å²) < 4.78 is 13.0. The van der Waals surface area contributed by atoms with Crippen molar-refractivity contribution in [1.82, 2.24) is 0 Å². The van der Waals surface area contributed by atoms with E-state index in [1.165, 1.54) is 11.6 Å². The number of rotatable bonds is 4.